The third-order valence-corrected chi connectivity index (χ3v) is 7.72. The van der Waals surface area contributed by atoms with Crippen LogP contribution in [0.15, 0.2) is 53.4 Å². The van der Waals surface area contributed by atoms with Gasteiger partial charge in [0.25, 0.3) is 5.91 Å². The van der Waals surface area contributed by atoms with Gasteiger partial charge in [-0.3, -0.25) is 4.79 Å². The van der Waals surface area contributed by atoms with E-state index >= 15 is 0 Å². The maximum atomic E-state index is 13.4. The fourth-order valence-corrected chi connectivity index (χ4v) is 5.36. The molecule has 1 amide bonds. The van der Waals surface area contributed by atoms with Crippen molar-refractivity contribution >= 4 is 15.9 Å². The molecular formula is C23H29FN2O3S. The quantitative estimate of drug-likeness (QED) is 0.650. The van der Waals surface area contributed by atoms with Crippen molar-refractivity contribution < 1.29 is 17.6 Å². The first-order valence-electron chi connectivity index (χ1n) is 10.4. The molecule has 0 atom stereocenters. The molecule has 0 unspecified atom stereocenters. The van der Waals surface area contributed by atoms with E-state index in [0.717, 1.165) is 32.1 Å². The summed E-state index contributed by atoms with van der Waals surface area (Å²) in [6.07, 6.45) is 5.03. The molecule has 1 fully saturated rings. The van der Waals surface area contributed by atoms with Crippen molar-refractivity contribution in [2.24, 2.45) is 0 Å². The Kier molecular flexibility index (Phi) is 7.26. The zero-order valence-electron chi connectivity index (χ0n) is 17.6. The number of carbonyl (C=O) groups is 1. The molecule has 1 aliphatic rings. The molecule has 3 rings (SSSR count). The number of halogens is 1. The molecule has 0 N–H and O–H groups in total. The van der Waals surface area contributed by atoms with Crippen LogP contribution in [0.3, 0.4) is 0 Å². The van der Waals surface area contributed by atoms with Gasteiger partial charge >= 0.3 is 0 Å². The molecule has 0 bridgehead atoms. The average Bonchev–Trinajstić information content (AvgIpc) is 2.77. The van der Waals surface area contributed by atoms with E-state index in [1.807, 2.05) is 6.92 Å². The van der Waals surface area contributed by atoms with Crippen molar-refractivity contribution in [1.29, 1.82) is 0 Å². The first kappa shape index (κ1) is 22.4. The number of rotatable bonds is 7. The standard InChI is InChI=1S/C23H29FN2O3S/c1-3-26(17-18-8-7-9-20(24)16-18)23(27)19-12-14-22(15-13-19)30(28,29)25(2)21-10-5-4-6-11-21/h7-9,12-16,21H,3-6,10-11,17H2,1-2H3. The van der Waals surface area contributed by atoms with Gasteiger partial charge in [-0.1, -0.05) is 31.4 Å². The summed E-state index contributed by atoms with van der Waals surface area (Å²) in [4.78, 5) is 14.7. The molecule has 0 saturated heterocycles. The lowest BCUT2D eigenvalue weighted by Crippen LogP contribution is -2.38. The Morgan fingerprint density at radius 3 is 2.33 bits per heavy atom. The van der Waals surface area contributed by atoms with Crippen molar-refractivity contribution in [3.63, 3.8) is 0 Å². The Bertz CT molecular complexity index is 970. The minimum absolute atomic E-state index is 0.0342. The Hall–Kier alpha value is -2.25. The predicted molar refractivity (Wildman–Crippen MR) is 115 cm³/mol. The summed E-state index contributed by atoms with van der Waals surface area (Å²) in [5.74, 6) is -0.556. The molecule has 162 valence electrons. The van der Waals surface area contributed by atoms with E-state index in [4.69, 9.17) is 0 Å². The highest BCUT2D eigenvalue weighted by atomic mass is 32.2. The Labute approximate surface area is 178 Å². The highest BCUT2D eigenvalue weighted by molar-refractivity contribution is 7.89. The molecule has 5 nitrogen and oxygen atoms in total. The molecule has 0 aliphatic heterocycles. The molecular weight excluding hydrogens is 403 g/mol. The van der Waals surface area contributed by atoms with Crippen LogP contribution in [0.5, 0.6) is 0 Å². The summed E-state index contributed by atoms with van der Waals surface area (Å²) in [6.45, 7) is 2.60. The van der Waals surface area contributed by atoms with Crippen LogP contribution < -0.4 is 0 Å². The fourth-order valence-electron chi connectivity index (χ4n) is 3.94. The van der Waals surface area contributed by atoms with E-state index in [2.05, 4.69) is 0 Å². The van der Waals surface area contributed by atoms with Crippen LogP contribution in [-0.4, -0.2) is 43.2 Å². The van der Waals surface area contributed by atoms with Crippen LogP contribution in [0, 0.1) is 5.82 Å². The largest absolute Gasteiger partial charge is 0.335 e. The van der Waals surface area contributed by atoms with Crippen LogP contribution in [0.25, 0.3) is 0 Å². The minimum Gasteiger partial charge on any atom is -0.335 e. The van der Waals surface area contributed by atoms with E-state index in [1.54, 1.807) is 36.2 Å². The van der Waals surface area contributed by atoms with Gasteiger partial charge in [0.1, 0.15) is 5.82 Å². The molecule has 1 saturated carbocycles. The maximum Gasteiger partial charge on any atom is 0.254 e. The summed E-state index contributed by atoms with van der Waals surface area (Å²) in [6, 6.07) is 12.3. The lowest BCUT2D eigenvalue weighted by atomic mass is 9.96. The second-order valence-corrected chi connectivity index (χ2v) is 9.78. The highest BCUT2D eigenvalue weighted by Crippen LogP contribution is 2.26. The van der Waals surface area contributed by atoms with E-state index in [1.165, 1.54) is 28.6 Å². The minimum atomic E-state index is -3.59. The third-order valence-electron chi connectivity index (χ3n) is 5.80. The van der Waals surface area contributed by atoms with Gasteiger partial charge in [-0.05, 0) is 61.7 Å². The van der Waals surface area contributed by atoms with Gasteiger partial charge in [0, 0.05) is 31.7 Å². The summed E-state index contributed by atoms with van der Waals surface area (Å²) in [5, 5.41) is 0. The smallest absolute Gasteiger partial charge is 0.254 e. The van der Waals surface area contributed by atoms with Crippen LogP contribution in [0.1, 0.15) is 54.9 Å². The normalized spacial score (nSPS) is 15.3. The van der Waals surface area contributed by atoms with Gasteiger partial charge in [-0.2, -0.15) is 4.31 Å². The van der Waals surface area contributed by atoms with Crippen molar-refractivity contribution in [3.8, 4) is 0 Å². The third kappa shape index (κ3) is 5.08. The van der Waals surface area contributed by atoms with Gasteiger partial charge in [-0.25, -0.2) is 12.8 Å². The van der Waals surface area contributed by atoms with E-state index in [-0.39, 0.29) is 29.2 Å². The first-order chi connectivity index (χ1) is 14.3. The number of hydrogen-bond acceptors (Lipinski definition) is 3. The summed E-state index contributed by atoms with van der Waals surface area (Å²) in [7, 11) is -1.95. The first-order valence-corrected chi connectivity index (χ1v) is 11.9. The fraction of sp³-hybridized carbons (Fsp3) is 0.435. The monoisotopic (exact) mass is 432 g/mol. The van der Waals surface area contributed by atoms with Gasteiger partial charge in [0.15, 0.2) is 0 Å². The molecule has 2 aromatic carbocycles. The van der Waals surface area contributed by atoms with E-state index in [9.17, 15) is 17.6 Å². The zero-order chi connectivity index (χ0) is 21.7. The molecule has 2 aromatic rings. The molecule has 30 heavy (non-hydrogen) atoms. The van der Waals surface area contributed by atoms with Crippen molar-refractivity contribution in [1.82, 2.24) is 9.21 Å². The molecule has 0 spiro atoms. The van der Waals surface area contributed by atoms with Crippen molar-refractivity contribution in [2.75, 3.05) is 13.6 Å². The summed E-state index contributed by atoms with van der Waals surface area (Å²) >= 11 is 0. The molecule has 0 aromatic heterocycles. The van der Waals surface area contributed by atoms with Gasteiger partial charge < -0.3 is 4.90 Å². The highest BCUT2D eigenvalue weighted by Gasteiger charge is 2.29. The lowest BCUT2D eigenvalue weighted by molar-refractivity contribution is 0.0752. The number of hydrogen-bond donors (Lipinski definition) is 0. The molecule has 7 heteroatoms. The second kappa shape index (κ2) is 9.71. The number of nitrogens with zero attached hydrogens (tertiary/aromatic N) is 2. The predicted octanol–water partition coefficient (Wildman–Crippen LogP) is 4.44. The molecule has 0 radical (unpaired) electrons. The van der Waals surface area contributed by atoms with E-state index < -0.39 is 10.0 Å². The van der Waals surface area contributed by atoms with Crippen LogP contribution >= 0.6 is 0 Å². The second-order valence-electron chi connectivity index (χ2n) is 7.79. The number of benzene rings is 2. The Morgan fingerprint density at radius 1 is 1.07 bits per heavy atom. The Morgan fingerprint density at radius 2 is 1.73 bits per heavy atom. The number of carbonyl (C=O) groups excluding carboxylic acids is 1. The maximum absolute atomic E-state index is 13.4. The molecule has 1 aliphatic carbocycles. The van der Waals surface area contributed by atoms with Gasteiger partial charge in [0.2, 0.25) is 10.0 Å². The lowest BCUT2D eigenvalue weighted by Gasteiger charge is -2.30. The Balaban J connectivity index is 1.74. The summed E-state index contributed by atoms with van der Waals surface area (Å²) in [5.41, 5.74) is 1.12. The topological polar surface area (TPSA) is 57.7 Å². The van der Waals surface area contributed by atoms with Crippen molar-refractivity contribution in [3.05, 3.63) is 65.5 Å². The van der Waals surface area contributed by atoms with Crippen LogP contribution in [0.2, 0.25) is 0 Å². The molecule has 0 heterocycles. The van der Waals surface area contributed by atoms with Crippen molar-refractivity contribution in [2.45, 2.75) is 56.5 Å². The SMILES string of the molecule is CCN(Cc1cccc(F)c1)C(=O)c1ccc(S(=O)(=O)N(C)C2CCCCC2)cc1. The van der Waals surface area contributed by atoms with Gasteiger partial charge in [0.05, 0.1) is 4.90 Å². The number of sulfonamides is 1. The van der Waals surface area contributed by atoms with Gasteiger partial charge in [-0.15, -0.1) is 0 Å². The van der Waals surface area contributed by atoms with Crippen LogP contribution in [0.4, 0.5) is 4.39 Å². The number of amides is 1. The van der Waals surface area contributed by atoms with E-state index in [0.29, 0.717) is 17.7 Å². The summed E-state index contributed by atoms with van der Waals surface area (Å²) < 4.78 is 40.9. The van der Waals surface area contributed by atoms with Crippen LogP contribution in [-0.2, 0) is 16.6 Å². The zero-order valence-corrected chi connectivity index (χ0v) is 18.4. The average molecular weight is 433 g/mol.